The van der Waals surface area contributed by atoms with E-state index in [0.29, 0.717) is 0 Å². The Morgan fingerprint density at radius 1 is 0.958 bits per heavy atom. The van der Waals surface area contributed by atoms with Crippen LogP contribution in [-0.2, 0) is 0 Å². The highest BCUT2D eigenvalue weighted by molar-refractivity contribution is 5.89. The number of rotatable bonds is 6. The monoisotopic (exact) mass is 321 g/mol. The van der Waals surface area contributed by atoms with Gasteiger partial charge in [0.1, 0.15) is 11.5 Å². The van der Waals surface area contributed by atoms with E-state index >= 15 is 0 Å². The first kappa shape index (κ1) is 16.3. The van der Waals surface area contributed by atoms with Crippen LogP contribution in [0.5, 0.6) is 11.5 Å². The van der Waals surface area contributed by atoms with Gasteiger partial charge in [0.15, 0.2) is 0 Å². The van der Waals surface area contributed by atoms with Crippen molar-refractivity contribution < 1.29 is 9.47 Å². The predicted molar refractivity (Wildman–Crippen MR) is 98.7 cm³/mol. The first-order chi connectivity index (χ1) is 11.7. The lowest BCUT2D eigenvalue weighted by Crippen LogP contribution is -2.14. The summed E-state index contributed by atoms with van der Waals surface area (Å²) in [7, 11) is 1.67. The molecule has 124 valence electrons. The van der Waals surface area contributed by atoms with Crippen LogP contribution in [0.4, 0.5) is 0 Å². The molecule has 0 fully saturated rings. The Kier molecular flexibility index (Phi) is 4.99. The molecule has 1 aromatic heterocycles. The number of methoxy groups -OCH3 is 1. The zero-order valence-corrected chi connectivity index (χ0v) is 14.5. The van der Waals surface area contributed by atoms with Crippen molar-refractivity contribution in [3.63, 3.8) is 0 Å². The number of aromatic nitrogens is 1. The Labute approximate surface area is 143 Å². The maximum Gasteiger partial charge on any atom is 0.131 e. The van der Waals surface area contributed by atoms with E-state index in [-0.39, 0.29) is 6.10 Å². The van der Waals surface area contributed by atoms with Crippen LogP contribution < -0.4 is 9.47 Å². The van der Waals surface area contributed by atoms with Gasteiger partial charge in [-0.25, -0.2) is 4.98 Å². The Balaban J connectivity index is 2.16. The van der Waals surface area contributed by atoms with Crippen molar-refractivity contribution in [2.45, 2.75) is 32.8 Å². The molecule has 3 aromatic rings. The maximum atomic E-state index is 6.28. The summed E-state index contributed by atoms with van der Waals surface area (Å²) in [5.41, 5.74) is 2.88. The predicted octanol–water partition coefficient (Wildman–Crippen LogP) is 5.48. The first-order valence-electron chi connectivity index (χ1n) is 8.46. The van der Waals surface area contributed by atoms with Gasteiger partial charge in [-0.1, -0.05) is 44.2 Å². The number of hydrogen-bond donors (Lipinski definition) is 0. The van der Waals surface area contributed by atoms with Gasteiger partial charge in [-0.15, -0.1) is 0 Å². The molecule has 0 radical (unpaired) electrons. The van der Waals surface area contributed by atoms with Crippen molar-refractivity contribution in [3.8, 4) is 22.8 Å². The van der Waals surface area contributed by atoms with Crippen molar-refractivity contribution in [3.05, 3.63) is 54.6 Å². The molecule has 0 bridgehead atoms. The van der Waals surface area contributed by atoms with Gasteiger partial charge in [-0.3, -0.25) is 0 Å². The number of benzene rings is 2. The van der Waals surface area contributed by atoms with E-state index in [0.717, 1.165) is 46.5 Å². The fourth-order valence-corrected chi connectivity index (χ4v) is 2.79. The van der Waals surface area contributed by atoms with Gasteiger partial charge < -0.3 is 9.47 Å². The second-order valence-electron chi connectivity index (χ2n) is 5.81. The lowest BCUT2D eigenvalue weighted by Gasteiger charge is -2.18. The Bertz CT molecular complexity index is 811. The fraction of sp³-hybridized carbons (Fsp3) is 0.286. The van der Waals surface area contributed by atoms with Crippen LogP contribution in [0.3, 0.4) is 0 Å². The molecule has 3 nitrogen and oxygen atoms in total. The molecular weight excluding hydrogens is 298 g/mol. The van der Waals surface area contributed by atoms with Crippen molar-refractivity contribution >= 4 is 10.9 Å². The van der Waals surface area contributed by atoms with E-state index in [2.05, 4.69) is 26.0 Å². The molecule has 0 amide bonds. The quantitative estimate of drug-likeness (QED) is 0.602. The number of nitrogens with zero attached hydrogens (tertiary/aromatic N) is 1. The van der Waals surface area contributed by atoms with Crippen LogP contribution in [0, 0.1) is 0 Å². The summed E-state index contributed by atoms with van der Waals surface area (Å²) in [5.74, 6) is 1.68. The van der Waals surface area contributed by atoms with Gasteiger partial charge >= 0.3 is 0 Å². The second kappa shape index (κ2) is 7.35. The number of hydrogen-bond acceptors (Lipinski definition) is 3. The molecule has 0 atom stereocenters. The zero-order valence-electron chi connectivity index (χ0n) is 14.5. The molecule has 0 saturated carbocycles. The van der Waals surface area contributed by atoms with Crippen LogP contribution >= 0.6 is 0 Å². The van der Waals surface area contributed by atoms with Crippen molar-refractivity contribution in [1.29, 1.82) is 0 Å². The number of ether oxygens (including phenoxy) is 2. The van der Waals surface area contributed by atoms with Crippen molar-refractivity contribution in [1.82, 2.24) is 4.98 Å². The summed E-state index contributed by atoms with van der Waals surface area (Å²) in [6.45, 7) is 4.30. The summed E-state index contributed by atoms with van der Waals surface area (Å²) < 4.78 is 11.6. The first-order valence-corrected chi connectivity index (χ1v) is 8.46. The minimum Gasteiger partial charge on any atom is -0.497 e. The standard InChI is InChI=1S/C21H23NO2/c1-4-16(5-2)24-21-14-19(15-9-7-6-8-10-15)22-20-13-17(23-3)11-12-18(20)21/h6-14,16H,4-5H2,1-3H3. The van der Waals surface area contributed by atoms with Gasteiger partial charge in [0.2, 0.25) is 0 Å². The topological polar surface area (TPSA) is 31.4 Å². The average Bonchev–Trinajstić information content (AvgIpc) is 2.65. The minimum absolute atomic E-state index is 0.210. The number of fused-ring (bicyclic) bond motifs is 1. The summed E-state index contributed by atoms with van der Waals surface area (Å²) in [5, 5.41) is 1.02. The van der Waals surface area contributed by atoms with Crippen LogP contribution in [0.2, 0.25) is 0 Å². The van der Waals surface area contributed by atoms with E-state index in [1.807, 2.05) is 42.5 Å². The molecule has 0 spiro atoms. The second-order valence-corrected chi connectivity index (χ2v) is 5.81. The van der Waals surface area contributed by atoms with E-state index in [1.165, 1.54) is 0 Å². The maximum absolute atomic E-state index is 6.28. The van der Waals surface area contributed by atoms with Crippen LogP contribution in [0.1, 0.15) is 26.7 Å². The third-order valence-corrected chi connectivity index (χ3v) is 4.25. The van der Waals surface area contributed by atoms with E-state index in [4.69, 9.17) is 14.5 Å². The third kappa shape index (κ3) is 3.35. The summed E-state index contributed by atoms with van der Waals surface area (Å²) >= 11 is 0. The van der Waals surface area contributed by atoms with Gasteiger partial charge in [0, 0.05) is 23.1 Å². The average molecular weight is 321 g/mol. The molecule has 0 aliphatic rings. The SMILES string of the molecule is CCC(CC)Oc1cc(-c2ccccc2)nc2cc(OC)ccc12. The van der Waals surface area contributed by atoms with Crippen LogP contribution in [0.25, 0.3) is 22.2 Å². The Morgan fingerprint density at radius 2 is 1.71 bits per heavy atom. The van der Waals surface area contributed by atoms with Gasteiger partial charge in [-0.2, -0.15) is 0 Å². The van der Waals surface area contributed by atoms with Gasteiger partial charge in [0.05, 0.1) is 24.4 Å². The molecule has 0 saturated heterocycles. The Hall–Kier alpha value is -2.55. The molecule has 2 aromatic carbocycles. The Morgan fingerprint density at radius 3 is 2.38 bits per heavy atom. The lowest BCUT2D eigenvalue weighted by atomic mass is 10.1. The summed E-state index contributed by atoms with van der Waals surface area (Å²) in [6.07, 6.45) is 2.18. The van der Waals surface area contributed by atoms with Crippen molar-refractivity contribution in [2.75, 3.05) is 7.11 Å². The molecule has 0 aliphatic heterocycles. The molecule has 3 heteroatoms. The van der Waals surface area contributed by atoms with Crippen LogP contribution in [-0.4, -0.2) is 18.2 Å². The molecular formula is C21H23NO2. The highest BCUT2D eigenvalue weighted by atomic mass is 16.5. The van der Waals surface area contributed by atoms with Crippen LogP contribution in [0.15, 0.2) is 54.6 Å². The van der Waals surface area contributed by atoms with E-state index in [9.17, 15) is 0 Å². The molecule has 0 aliphatic carbocycles. The normalized spacial score (nSPS) is 11.0. The highest BCUT2D eigenvalue weighted by Gasteiger charge is 2.13. The third-order valence-electron chi connectivity index (χ3n) is 4.25. The molecule has 1 heterocycles. The largest absolute Gasteiger partial charge is 0.497 e. The number of pyridine rings is 1. The zero-order chi connectivity index (χ0) is 16.9. The summed E-state index contributed by atoms with van der Waals surface area (Å²) in [6, 6.07) is 18.2. The molecule has 0 N–H and O–H groups in total. The fourth-order valence-electron chi connectivity index (χ4n) is 2.79. The van der Waals surface area contributed by atoms with E-state index in [1.54, 1.807) is 7.11 Å². The molecule has 0 unspecified atom stereocenters. The molecule has 24 heavy (non-hydrogen) atoms. The van der Waals surface area contributed by atoms with Crippen molar-refractivity contribution in [2.24, 2.45) is 0 Å². The smallest absolute Gasteiger partial charge is 0.131 e. The van der Waals surface area contributed by atoms with Gasteiger partial charge in [-0.05, 0) is 25.0 Å². The highest BCUT2D eigenvalue weighted by Crippen LogP contribution is 2.33. The van der Waals surface area contributed by atoms with Gasteiger partial charge in [0.25, 0.3) is 0 Å². The lowest BCUT2D eigenvalue weighted by molar-refractivity contribution is 0.195. The molecule has 3 rings (SSSR count). The van der Waals surface area contributed by atoms with E-state index < -0.39 is 0 Å². The summed E-state index contributed by atoms with van der Waals surface area (Å²) in [4.78, 5) is 4.81. The minimum atomic E-state index is 0.210.